The molecule has 1 aromatic heterocycles. The van der Waals surface area contributed by atoms with Crippen molar-refractivity contribution < 1.29 is 14.7 Å². The summed E-state index contributed by atoms with van der Waals surface area (Å²) in [4.78, 5) is 22.9. The van der Waals surface area contributed by atoms with Crippen molar-refractivity contribution in [2.75, 3.05) is 0 Å². The standard InChI is InChI=1S/C18H23N3O3/c1-12(13-5-7-14(8-6-13)18(2,3)4)19-17(24)15-9-10-21(20-15)11-16(22)23/h5-10,12H,11H2,1-4H3,(H,19,24)(H,22,23). The van der Waals surface area contributed by atoms with Crippen LogP contribution in [-0.4, -0.2) is 26.8 Å². The van der Waals surface area contributed by atoms with Gasteiger partial charge >= 0.3 is 5.97 Å². The number of nitrogens with zero attached hydrogens (tertiary/aromatic N) is 2. The van der Waals surface area contributed by atoms with Gasteiger partial charge in [-0.25, -0.2) is 0 Å². The molecule has 0 aliphatic rings. The van der Waals surface area contributed by atoms with Crippen LogP contribution in [-0.2, 0) is 16.8 Å². The number of benzene rings is 1. The van der Waals surface area contributed by atoms with Crippen LogP contribution in [0.5, 0.6) is 0 Å². The molecule has 1 amide bonds. The molecule has 24 heavy (non-hydrogen) atoms. The van der Waals surface area contributed by atoms with Crippen molar-refractivity contribution in [2.45, 2.75) is 45.7 Å². The third-order valence-electron chi connectivity index (χ3n) is 3.79. The van der Waals surface area contributed by atoms with E-state index in [9.17, 15) is 9.59 Å². The number of nitrogens with one attached hydrogen (secondary N) is 1. The predicted octanol–water partition coefficient (Wildman–Crippen LogP) is 2.76. The number of rotatable bonds is 5. The zero-order chi connectivity index (χ0) is 17.9. The Kier molecular flexibility index (Phi) is 5.07. The molecule has 2 rings (SSSR count). The van der Waals surface area contributed by atoms with Gasteiger partial charge in [0.15, 0.2) is 0 Å². The highest BCUT2D eigenvalue weighted by molar-refractivity contribution is 5.92. The summed E-state index contributed by atoms with van der Waals surface area (Å²) in [6.07, 6.45) is 1.48. The van der Waals surface area contributed by atoms with Gasteiger partial charge in [-0.15, -0.1) is 0 Å². The molecular formula is C18H23N3O3. The number of carboxylic acids is 1. The smallest absolute Gasteiger partial charge is 0.325 e. The van der Waals surface area contributed by atoms with Gasteiger partial charge in [0.05, 0.1) is 6.04 Å². The first-order chi connectivity index (χ1) is 11.2. The van der Waals surface area contributed by atoms with Crippen LogP contribution >= 0.6 is 0 Å². The van der Waals surface area contributed by atoms with Gasteiger partial charge in [-0.1, -0.05) is 45.0 Å². The van der Waals surface area contributed by atoms with Gasteiger partial charge in [0, 0.05) is 6.20 Å². The molecule has 1 atom stereocenters. The maximum Gasteiger partial charge on any atom is 0.325 e. The Morgan fingerprint density at radius 1 is 1.21 bits per heavy atom. The monoisotopic (exact) mass is 329 g/mol. The van der Waals surface area contributed by atoms with Crippen LogP contribution in [0.25, 0.3) is 0 Å². The molecule has 2 N–H and O–H groups in total. The molecule has 1 heterocycles. The summed E-state index contributed by atoms with van der Waals surface area (Å²) in [5.41, 5.74) is 2.52. The van der Waals surface area contributed by atoms with Gasteiger partial charge in [0.25, 0.3) is 5.91 Å². The predicted molar refractivity (Wildman–Crippen MR) is 90.9 cm³/mol. The van der Waals surface area contributed by atoms with Gasteiger partial charge in [0.2, 0.25) is 0 Å². The first-order valence-electron chi connectivity index (χ1n) is 7.83. The van der Waals surface area contributed by atoms with Gasteiger partial charge in [-0.05, 0) is 29.5 Å². The van der Waals surface area contributed by atoms with Crippen LogP contribution in [0.4, 0.5) is 0 Å². The van der Waals surface area contributed by atoms with Gasteiger partial charge in [0.1, 0.15) is 12.2 Å². The summed E-state index contributed by atoms with van der Waals surface area (Å²) in [6, 6.07) is 9.49. The molecule has 0 radical (unpaired) electrons. The summed E-state index contributed by atoms with van der Waals surface area (Å²) in [7, 11) is 0. The molecule has 0 bridgehead atoms. The van der Waals surface area contributed by atoms with E-state index in [1.54, 1.807) is 0 Å². The Hall–Kier alpha value is -2.63. The number of carbonyl (C=O) groups is 2. The lowest BCUT2D eigenvalue weighted by Crippen LogP contribution is -2.27. The maximum absolute atomic E-state index is 12.2. The molecule has 6 heteroatoms. The van der Waals surface area contributed by atoms with Crippen molar-refractivity contribution in [1.82, 2.24) is 15.1 Å². The summed E-state index contributed by atoms with van der Waals surface area (Å²) in [6.45, 7) is 8.09. The number of aromatic nitrogens is 2. The van der Waals surface area contributed by atoms with E-state index in [0.29, 0.717) is 0 Å². The zero-order valence-electron chi connectivity index (χ0n) is 14.4. The second-order valence-electron chi connectivity index (χ2n) is 6.86. The molecule has 0 spiro atoms. The van der Waals surface area contributed by atoms with Crippen molar-refractivity contribution in [3.8, 4) is 0 Å². The average Bonchev–Trinajstić information content (AvgIpc) is 2.94. The number of hydrogen-bond acceptors (Lipinski definition) is 3. The first-order valence-corrected chi connectivity index (χ1v) is 7.83. The number of amides is 1. The fraction of sp³-hybridized carbons (Fsp3) is 0.389. The van der Waals surface area contributed by atoms with Crippen molar-refractivity contribution >= 4 is 11.9 Å². The number of carbonyl (C=O) groups excluding carboxylic acids is 1. The molecule has 0 fully saturated rings. The molecule has 0 saturated carbocycles. The second-order valence-corrected chi connectivity index (χ2v) is 6.86. The minimum absolute atomic E-state index is 0.0853. The molecular weight excluding hydrogens is 306 g/mol. The third-order valence-corrected chi connectivity index (χ3v) is 3.79. The zero-order valence-corrected chi connectivity index (χ0v) is 14.4. The molecule has 0 saturated heterocycles. The largest absolute Gasteiger partial charge is 0.480 e. The van der Waals surface area contributed by atoms with E-state index in [0.717, 1.165) is 5.56 Å². The van der Waals surface area contributed by atoms with Crippen molar-refractivity contribution in [3.05, 3.63) is 53.3 Å². The van der Waals surface area contributed by atoms with E-state index in [-0.39, 0.29) is 29.6 Å². The lowest BCUT2D eigenvalue weighted by Gasteiger charge is -2.20. The molecule has 1 aromatic carbocycles. The lowest BCUT2D eigenvalue weighted by molar-refractivity contribution is -0.137. The van der Waals surface area contributed by atoms with E-state index in [1.807, 2.05) is 19.1 Å². The highest BCUT2D eigenvalue weighted by atomic mass is 16.4. The number of hydrogen-bond donors (Lipinski definition) is 2. The maximum atomic E-state index is 12.2. The van der Waals surface area contributed by atoms with E-state index in [2.05, 4.69) is 43.3 Å². The topological polar surface area (TPSA) is 84.2 Å². The van der Waals surface area contributed by atoms with Crippen LogP contribution in [0.1, 0.15) is 55.4 Å². The van der Waals surface area contributed by atoms with Crippen LogP contribution in [0.15, 0.2) is 36.5 Å². The Labute approximate surface area is 141 Å². The summed E-state index contributed by atoms with van der Waals surface area (Å²) in [5.74, 6) is -1.33. The second kappa shape index (κ2) is 6.86. The molecule has 1 unspecified atom stereocenters. The fourth-order valence-electron chi connectivity index (χ4n) is 2.34. The SMILES string of the molecule is CC(NC(=O)c1ccn(CC(=O)O)n1)c1ccc(C(C)(C)C)cc1. The number of aliphatic carboxylic acids is 1. The lowest BCUT2D eigenvalue weighted by atomic mass is 9.86. The Bertz CT molecular complexity index is 727. The Balaban J connectivity index is 2.03. The Morgan fingerprint density at radius 3 is 2.38 bits per heavy atom. The highest BCUT2D eigenvalue weighted by Crippen LogP contribution is 2.24. The minimum atomic E-state index is -1.00. The molecule has 6 nitrogen and oxygen atoms in total. The van der Waals surface area contributed by atoms with Crippen molar-refractivity contribution in [3.63, 3.8) is 0 Å². The van der Waals surface area contributed by atoms with E-state index < -0.39 is 5.97 Å². The van der Waals surface area contributed by atoms with E-state index >= 15 is 0 Å². The van der Waals surface area contributed by atoms with Crippen LogP contribution in [0.2, 0.25) is 0 Å². The minimum Gasteiger partial charge on any atom is -0.480 e. The highest BCUT2D eigenvalue weighted by Gasteiger charge is 2.16. The van der Waals surface area contributed by atoms with Gasteiger partial charge in [-0.2, -0.15) is 5.10 Å². The fourth-order valence-corrected chi connectivity index (χ4v) is 2.34. The van der Waals surface area contributed by atoms with Crippen LogP contribution in [0.3, 0.4) is 0 Å². The third kappa shape index (κ3) is 4.44. The summed E-state index contributed by atoms with van der Waals surface area (Å²) in [5, 5.41) is 15.6. The van der Waals surface area contributed by atoms with Gasteiger partial charge < -0.3 is 10.4 Å². The quantitative estimate of drug-likeness (QED) is 0.883. The summed E-state index contributed by atoms with van der Waals surface area (Å²) < 4.78 is 1.22. The van der Waals surface area contributed by atoms with E-state index in [1.165, 1.54) is 22.5 Å². The van der Waals surface area contributed by atoms with Crippen molar-refractivity contribution in [2.24, 2.45) is 0 Å². The molecule has 0 aliphatic carbocycles. The van der Waals surface area contributed by atoms with E-state index in [4.69, 9.17) is 5.11 Å². The van der Waals surface area contributed by atoms with Crippen LogP contribution in [0, 0.1) is 0 Å². The summed E-state index contributed by atoms with van der Waals surface area (Å²) >= 11 is 0. The van der Waals surface area contributed by atoms with Crippen molar-refractivity contribution in [1.29, 1.82) is 0 Å². The Morgan fingerprint density at radius 2 is 1.83 bits per heavy atom. The molecule has 128 valence electrons. The normalized spacial score (nSPS) is 12.7. The average molecular weight is 329 g/mol. The molecule has 2 aromatic rings. The number of carboxylic acid groups (broad SMARTS) is 1. The van der Waals surface area contributed by atoms with Crippen LogP contribution < -0.4 is 5.32 Å². The molecule has 0 aliphatic heterocycles. The van der Waals surface area contributed by atoms with Gasteiger partial charge in [-0.3, -0.25) is 14.3 Å². The first kappa shape index (κ1) is 17.7.